The van der Waals surface area contributed by atoms with Crippen molar-refractivity contribution >= 4 is 12.4 Å². The van der Waals surface area contributed by atoms with E-state index >= 15 is 0 Å². The number of benzene rings is 1. The Morgan fingerprint density at radius 1 is 1.17 bits per heavy atom. The normalized spacial score (nSPS) is 25.5. The minimum atomic E-state index is -4.38. The quantitative estimate of drug-likeness (QED) is 0.833. The second kappa shape index (κ2) is 7.22. The Labute approximate surface area is 147 Å². The lowest BCUT2D eigenvalue weighted by molar-refractivity contribution is -0.138. The molecule has 0 spiro atoms. The topological polar surface area (TPSA) is 32.3 Å². The van der Waals surface area contributed by atoms with Crippen molar-refractivity contribution in [1.82, 2.24) is 5.32 Å². The van der Waals surface area contributed by atoms with Crippen molar-refractivity contribution in [1.29, 1.82) is 0 Å². The molecule has 1 aromatic carbocycles. The molecule has 1 aromatic rings. The fourth-order valence-electron chi connectivity index (χ4n) is 4.00. The molecule has 6 heteroatoms. The molecule has 1 aliphatic carbocycles. The van der Waals surface area contributed by atoms with Crippen molar-refractivity contribution in [2.24, 2.45) is 17.8 Å². The summed E-state index contributed by atoms with van der Waals surface area (Å²) in [7, 11) is 0. The van der Waals surface area contributed by atoms with E-state index in [2.05, 4.69) is 5.32 Å². The molecule has 3 atom stereocenters. The van der Waals surface area contributed by atoms with Gasteiger partial charge in [0.25, 0.3) is 0 Å². The van der Waals surface area contributed by atoms with E-state index in [1.165, 1.54) is 6.07 Å². The lowest BCUT2D eigenvalue weighted by Gasteiger charge is -2.41. The van der Waals surface area contributed by atoms with Crippen molar-refractivity contribution in [3.05, 3.63) is 35.4 Å². The minimum Gasteiger partial charge on any atom is -0.385 e. The Morgan fingerprint density at radius 3 is 2.38 bits per heavy atom. The monoisotopic (exact) mass is 363 g/mol. The Hall–Kier alpha value is -0.780. The van der Waals surface area contributed by atoms with E-state index in [1.807, 2.05) is 6.92 Å². The number of aliphatic hydroxyl groups is 1. The van der Waals surface area contributed by atoms with Crippen LogP contribution < -0.4 is 5.32 Å². The van der Waals surface area contributed by atoms with Crippen LogP contribution in [-0.2, 0) is 11.8 Å². The van der Waals surface area contributed by atoms with Crippen LogP contribution in [0.25, 0.3) is 0 Å². The molecule has 1 saturated carbocycles. The molecule has 2 fully saturated rings. The summed E-state index contributed by atoms with van der Waals surface area (Å²) < 4.78 is 39.1. The van der Waals surface area contributed by atoms with Gasteiger partial charge in [0.1, 0.15) is 0 Å². The fraction of sp³-hybridized carbons (Fsp3) is 0.667. The van der Waals surface area contributed by atoms with Gasteiger partial charge in [-0.2, -0.15) is 13.2 Å². The summed E-state index contributed by atoms with van der Waals surface area (Å²) in [5.41, 5.74) is -1.42. The summed E-state index contributed by atoms with van der Waals surface area (Å²) in [5, 5.41) is 14.8. The van der Waals surface area contributed by atoms with E-state index in [1.54, 1.807) is 6.07 Å². The maximum Gasteiger partial charge on any atom is 0.416 e. The SMILES string of the molecule is CC(C1CCCNC1)C(O)(c1cccc(C(F)(F)F)c1)C1CC1.Cl. The third-order valence-corrected chi connectivity index (χ3v) is 5.59. The van der Waals surface area contributed by atoms with Gasteiger partial charge in [-0.3, -0.25) is 0 Å². The average molecular weight is 364 g/mol. The van der Waals surface area contributed by atoms with Crippen molar-refractivity contribution in [3.8, 4) is 0 Å². The van der Waals surface area contributed by atoms with E-state index in [0.29, 0.717) is 11.5 Å². The third kappa shape index (κ3) is 3.73. The first-order valence-corrected chi connectivity index (χ1v) is 8.44. The molecule has 136 valence electrons. The molecule has 2 nitrogen and oxygen atoms in total. The average Bonchev–Trinajstić information content (AvgIpc) is 3.39. The van der Waals surface area contributed by atoms with Gasteiger partial charge in [-0.1, -0.05) is 19.1 Å². The highest BCUT2D eigenvalue weighted by molar-refractivity contribution is 5.85. The molecule has 1 aliphatic heterocycles. The number of rotatable bonds is 4. The summed E-state index contributed by atoms with van der Waals surface area (Å²) in [6, 6.07) is 5.28. The third-order valence-electron chi connectivity index (χ3n) is 5.59. The predicted molar refractivity (Wildman–Crippen MR) is 90.1 cm³/mol. The molecular weight excluding hydrogens is 339 g/mol. The first kappa shape index (κ1) is 19.5. The van der Waals surface area contributed by atoms with Gasteiger partial charge >= 0.3 is 6.18 Å². The summed E-state index contributed by atoms with van der Waals surface area (Å²) in [5.74, 6) is 0.304. The van der Waals surface area contributed by atoms with Crippen LogP contribution in [0.4, 0.5) is 13.2 Å². The maximum absolute atomic E-state index is 13.0. The molecule has 0 bridgehead atoms. The lowest BCUT2D eigenvalue weighted by Crippen LogP contribution is -2.45. The van der Waals surface area contributed by atoms with E-state index in [4.69, 9.17) is 0 Å². The highest BCUT2D eigenvalue weighted by atomic mass is 35.5. The van der Waals surface area contributed by atoms with E-state index in [-0.39, 0.29) is 24.2 Å². The van der Waals surface area contributed by atoms with Crippen LogP contribution >= 0.6 is 12.4 Å². The summed E-state index contributed by atoms with van der Waals surface area (Å²) in [6.45, 7) is 3.81. The van der Waals surface area contributed by atoms with Crippen LogP contribution in [0.3, 0.4) is 0 Å². The zero-order valence-electron chi connectivity index (χ0n) is 13.8. The standard InChI is InChI=1S/C18H24F3NO.ClH/c1-12(13-4-3-9-22-11-13)17(23,14-7-8-14)15-5-2-6-16(10-15)18(19,20)21;/h2,5-6,10,12-14,22-23H,3-4,7-9,11H2,1H3;1H. The molecule has 0 radical (unpaired) electrons. The Kier molecular flexibility index (Phi) is 5.88. The van der Waals surface area contributed by atoms with E-state index in [0.717, 1.165) is 50.9 Å². The van der Waals surface area contributed by atoms with Crippen LogP contribution in [-0.4, -0.2) is 18.2 Å². The van der Waals surface area contributed by atoms with E-state index < -0.39 is 17.3 Å². The van der Waals surface area contributed by atoms with Gasteiger partial charge in [-0.25, -0.2) is 0 Å². The van der Waals surface area contributed by atoms with E-state index in [9.17, 15) is 18.3 Å². The number of nitrogens with one attached hydrogen (secondary N) is 1. The van der Waals surface area contributed by atoms with Crippen molar-refractivity contribution in [3.63, 3.8) is 0 Å². The van der Waals surface area contributed by atoms with Crippen LogP contribution in [0.15, 0.2) is 24.3 Å². The Morgan fingerprint density at radius 2 is 1.83 bits per heavy atom. The molecule has 1 saturated heterocycles. The second-order valence-electron chi connectivity index (χ2n) is 7.07. The van der Waals surface area contributed by atoms with Crippen molar-refractivity contribution < 1.29 is 18.3 Å². The molecule has 3 rings (SSSR count). The molecule has 2 aliphatic rings. The second-order valence-corrected chi connectivity index (χ2v) is 7.07. The lowest BCUT2D eigenvalue weighted by atomic mass is 9.70. The smallest absolute Gasteiger partial charge is 0.385 e. The number of hydrogen-bond acceptors (Lipinski definition) is 2. The van der Waals surface area contributed by atoms with Crippen LogP contribution in [0, 0.1) is 17.8 Å². The summed E-state index contributed by atoms with van der Waals surface area (Å²) in [4.78, 5) is 0. The largest absolute Gasteiger partial charge is 0.416 e. The predicted octanol–water partition coefficient (Wildman–Crippen LogP) is 4.36. The number of alkyl halides is 3. The molecule has 1 heterocycles. The highest BCUT2D eigenvalue weighted by Crippen LogP contribution is 2.52. The fourth-order valence-corrected chi connectivity index (χ4v) is 4.00. The van der Waals surface area contributed by atoms with Gasteiger partial charge in [0.15, 0.2) is 0 Å². The molecule has 0 amide bonds. The van der Waals surface area contributed by atoms with Crippen molar-refractivity contribution in [2.45, 2.75) is 44.4 Å². The first-order chi connectivity index (χ1) is 10.8. The van der Waals surface area contributed by atoms with Crippen LogP contribution in [0.2, 0.25) is 0 Å². The number of piperidine rings is 1. The van der Waals surface area contributed by atoms with Gasteiger partial charge in [0, 0.05) is 0 Å². The highest BCUT2D eigenvalue weighted by Gasteiger charge is 2.51. The zero-order chi connectivity index (χ0) is 16.7. The first-order valence-electron chi connectivity index (χ1n) is 8.44. The Bertz CT molecular complexity index is 555. The Balaban J connectivity index is 0.00000208. The molecular formula is C18H25ClF3NO. The summed E-state index contributed by atoms with van der Waals surface area (Å²) >= 11 is 0. The number of hydrogen-bond donors (Lipinski definition) is 2. The number of halogens is 4. The van der Waals surface area contributed by atoms with Gasteiger partial charge in [0.05, 0.1) is 11.2 Å². The summed E-state index contributed by atoms with van der Waals surface area (Å²) in [6.07, 6.45) is -0.537. The molecule has 3 unspecified atom stereocenters. The molecule has 0 aromatic heterocycles. The maximum atomic E-state index is 13.0. The van der Waals surface area contributed by atoms with Gasteiger partial charge in [0.2, 0.25) is 0 Å². The van der Waals surface area contributed by atoms with Gasteiger partial charge in [-0.15, -0.1) is 12.4 Å². The van der Waals surface area contributed by atoms with Crippen LogP contribution in [0.1, 0.15) is 43.7 Å². The molecule has 24 heavy (non-hydrogen) atoms. The van der Waals surface area contributed by atoms with Crippen molar-refractivity contribution in [2.75, 3.05) is 13.1 Å². The minimum absolute atomic E-state index is 0. The van der Waals surface area contributed by atoms with Gasteiger partial charge in [-0.05, 0) is 74.2 Å². The molecule has 2 N–H and O–H groups in total. The van der Waals surface area contributed by atoms with Crippen LogP contribution in [0.5, 0.6) is 0 Å². The van der Waals surface area contributed by atoms with Gasteiger partial charge < -0.3 is 10.4 Å². The zero-order valence-corrected chi connectivity index (χ0v) is 14.6.